The average molecular weight is 657 g/mol. The average Bonchev–Trinajstić information content (AvgIpc) is 2.80. The predicted octanol–water partition coefficient (Wildman–Crippen LogP) is 8.67. The first-order valence-electron chi connectivity index (χ1n) is 10.7. The molecule has 0 saturated heterocycles. The summed E-state index contributed by atoms with van der Waals surface area (Å²) >= 11 is 8.71. The minimum atomic E-state index is -5.27. The Morgan fingerprint density at radius 3 is 2.13 bits per heavy atom. The minimum absolute atomic E-state index is 0.0614. The first-order valence-corrected chi connectivity index (χ1v) is 11.9. The van der Waals surface area contributed by atoms with Gasteiger partial charge in [0.15, 0.2) is 5.78 Å². The molecule has 2 aromatic rings. The molecule has 39 heavy (non-hydrogen) atoms. The van der Waals surface area contributed by atoms with Gasteiger partial charge in [0, 0.05) is 27.9 Å². The van der Waals surface area contributed by atoms with Crippen LogP contribution >= 0.6 is 27.5 Å². The largest absolute Gasteiger partial charge is 0.417 e. The van der Waals surface area contributed by atoms with E-state index in [1.807, 2.05) is 0 Å². The summed E-state index contributed by atoms with van der Waals surface area (Å²) in [6.45, 7) is -0.704. The summed E-state index contributed by atoms with van der Waals surface area (Å²) < 4.78 is 134. The molecule has 0 aromatic heterocycles. The standard InChI is InChI=1S/C24H17BrClF10NO2/c1-11(21(39)37-10-22(28,29)30)6-20(38)14-4-2-13(7-16(14)24(34,35)36)19(27)9-15(23(31,32)33)12-3-5-18(26)17(25)8-12/h2-5,7-9,11,15H,6,10H2,1H3,(H,37,39)/b19-9-/t11-,15?/m0/s1. The fourth-order valence-corrected chi connectivity index (χ4v) is 3.85. The number of amides is 1. The van der Waals surface area contributed by atoms with Crippen molar-refractivity contribution in [2.75, 3.05) is 6.54 Å². The summed E-state index contributed by atoms with van der Waals surface area (Å²) in [5, 5.41) is 1.56. The number of ketones is 1. The third kappa shape index (κ3) is 9.23. The Morgan fingerprint density at radius 1 is 1.00 bits per heavy atom. The van der Waals surface area contributed by atoms with Crippen LogP contribution in [-0.2, 0) is 11.0 Å². The molecule has 2 atom stereocenters. The first-order chi connectivity index (χ1) is 17.7. The number of carbonyl (C=O) groups excluding carboxylic acids is 2. The van der Waals surface area contributed by atoms with E-state index < -0.39 is 83.1 Å². The number of Topliss-reactive ketones (excluding diaryl/α,β-unsaturated/α-hetero) is 1. The zero-order valence-corrected chi connectivity index (χ0v) is 21.8. The third-order valence-corrected chi connectivity index (χ3v) is 6.49. The van der Waals surface area contributed by atoms with Crippen molar-refractivity contribution >= 4 is 45.0 Å². The number of nitrogens with one attached hydrogen (secondary N) is 1. The molecule has 0 fully saturated rings. The number of alkyl halides is 9. The van der Waals surface area contributed by atoms with Crippen LogP contribution in [-0.4, -0.2) is 30.6 Å². The Kier molecular flexibility index (Phi) is 10.3. The molecule has 0 radical (unpaired) electrons. The smallest absolute Gasteiger partial charge is 0.347 e. The van der Waals surface area contributed by atoms with E-state index in [1.165, 1.54) is 5.32 Å². The molecule has 0 aliphatic heterocycles. The summed E-state index contributed by atoms with van der Waals surface area (Å²) in [4.78, 5) is 24.3. The van der Waals surface area contributed by atoms with E-state index >= 15 is 0 Å². The highest BCUT2D eigenvalue weighted by Gasteiger charge is 2.41. The van der Waals surface area contributed by atoms with Gasteiger partial charge in [-0.25, -0.2) is 4.39 Å². The summed E-state index contributed by atoms with van der Waals surface area (Å²) in [5.41, 5.74) is -4.12. The fraction of sp³-hybridized carbons (Fsp3) is 0.333. The second-order valence-electron chi connectivity index (χ2n) is 8.33. The van der Waals surface area contributed by atoms with Gasteiger partial charge in [0.05, 0.1) is 10.6 Å². The van der Waals surface area contributed by atoms with Gasteiger partial charge >= 0.3 is 18.5 Å². The molecule has 0 heterocycles. The van der Waals surface area contributed by atoms with Gasteiger partial charge in [0.1, 0.15) is 18.3 Å². The molecular formula is C24H17BrClF10NO2. The van der Waals surface area contributed by atoms with Crippen molar-refractivity contribution in [2.24, 2.45) is 5.92 Å². The summed E-state index contributed by atoms with van der Waals surface area (Å²) in [7, 11) is 0. The Morgan fingerprint density at radius 2 is 1.62 bits per heavy atom. The molecule has 15 heteroatoms. The zero-order chi connectivity index (χ0) is 29.9. The van der Waals surface area contributed by atoms with Crippen molar-refractivity contribution in [3.63, 3.8) is 0 Å². The van der Waals surface area contributed by atoms with Crippen LogP contribution in [0.4, 0.5) is 43.9 Å². The van der Waals surface area contributed by atoms with Gasteiger partial charge in [-0.2, -0.15) is 39.5 Å². The normalized spacial score (nSPS) is 14.6. The molecule has 2 rings (SSSR count). The molecular weight excluding hydrogens is 640 g/mol. The van der Waals surface area contributed by atoms with Gasteiger partial charge in [-0.15, -0.1) is 0 Å². The van der Waals surface area contributed by atoms with Crippen LogP contribution in [0.5, 0.6) is 0 Å². The lowest BCUT2D eigenvalue weighted by molar-refractivity contribution is -0.140. The summed E-state index contributed by atoms with van der Waals surface area (Å²) in [5.74, 6) is -8.24. The highest BCUT2D eigenvalue weighted by Crippen LogP contribution is 2.41. The molecule has 1 amide bonds. The molecule has 0 bridgehead atoms. The van der Waals surface area contributed by atoms with Crippen molar-refractivity contribution in [3.8, 4) is 0 Å². The van der Waals surface area contributed by atoms with Crippen molar-refractivity contribution < 1.29 is 53.5 Å². The van der Waals surface area contributed by atoms with Gasteiger partial charge in [-0.1, -0.05) is 36.7 Å². The van der Waals surface area contributed by atoms with Gasteiger partial charge < -0.3 is 5.32 Å². The van der Waals surface area contributed by atoms with Crippen LogP contribution in [0.3, 0.4) is 0 Å². The van der Waals surface area contributed by atoms with Crippen LogP contribution in [0.15, 0.2) is 46.9 Å². The van der Waals surface area contributed by atoms with Gasteiger partial charge in [-0.05, 0) is 45.8 Å². The first kappa shape index (κ1) is 32.6. The van der Waals surface area contributed by atoms with Gasteiger partial charge in [0.25, 0.3) is 0 Å². The summed E-state index contributed by atoms with van der Waals surface area (Å²) in [6.07, 6.45) is -15.9. The van der Waals surface area contributed by atoms with E-state index in [2.05, 4.69) is 15.9 Å². The van der Waals surface area contributed by atoms with E-state index in [9.17, 15) is 53.5 Å². The third-order valence-electron chi connectivity index (χ3n) is 5.27. The molecule has 2 aromatic carbocycles. The lowest BCUT2D eigenvalue weighted by atomic mass is 9.92. The highest BCUT2D eigenvalue weighted by molar-refractivity contribution is 9.10. The number of benzene rings is 2. The van der Waals surface area contributed by atoms with Crippen LogP contribution in [0.25, 0.3) is 5.83 Å². The molecule has 0 aliphatic carbocycles. The molecule has 0 aliphatic rings. The van der Waals surface area contributed by atoms with Crippen LogP contribution in [0.1, 0.15) is 46.3 Å². The maximum absolute atomic E-state index is 14.9. The van der Waals surface area contributed by atoms with Gasteiger partial charge in [0.2, 0.25) is 5.91 Å². The highest BCUT2D eigenvalue weighted by atomic mass is 79.9. The van der Waals surface area contributed by atoms with Crippen LogP contribution in [0.2, 0.25) is 5.02 Å². The molecule has 1 unspecified atom stereocenters. The second-order valence-corrected chi connectivity index (χ2v) is 9.59. The number of rotatable bonds is 8. The van der Waals surface area contributed by atoms with E-state index in [4.69, 9.17) is 11.6 Å². The predicted molar refractivity (Wildman–Crippen MR) is 126 cm³/mol. The molecule has 214 valence electrons. The Labute approximate surface area is 228 Å². The van der Waals surface area contributed by atoms with E-state index in [1.54, 1.807) is 0 Å². The maximum atomic E-state index is 14.9. The topological polar surface area (TPSA) is 46.2 Å². The second kappa shape index (κ2) is 12.3. The molecule has 1 N–H and O–H groups in total. The van der Waals surface area contributed by atoms with Crippen molar-refractivity contribution in [2.45, 2.75) is 37.8 Å². The van der Waals surface area contributed by atoms with Crippen LogP contribution in [0, 0.1) is 5.92 Å². The lowest BCUT2D eigenvalue weighted by Crippen LogP contribution is -2.37. The monoisotopic (exact) mass is 655 g/mol. The Bertz CT molecular complexity index is 1250. The molecule has 0 spiro atoms. The minimum Gasteiger partial charge on any atom is -0.347 e. The zero-order valence-electron chi connectivity index (χ0n) is 19.5. The van der Waals surface area contributed by atoms with Crippen LogP contribution < -0.4 is 5.32 Å². The number of hydrogen-bond donors (Lipinski definition) is 1. The van der Waals surface area contributed by atoms with E-state index in [-0.39, 0.29) is 21.6 Å². The Hall–Kier alpha value is -2.61. The lowest BCUT2D eigenvalue weighted by Gasteiger charge is -2.19. The SMILES string of the molecule is C[C@@H](CC(=O)c1ccc(/C(F)=C/C(c2ccc(Cl)c(Br)c2)C(F)(F)F)cc1C(F)(F)F)C(=O)NCC(F)(F)F. The Balaban J connectivity index is 2.42. The quantitative estimate of drug-likeness (QED) is 0.228. The number of hydrogen-bond acceptors (Lipinski definition) is 2. The number of allylic oxidation sites excluding steroid dienone is 1. The summed E-state index contributed by atoms with van der Waals surface area (Å²) in [6, 6.07) is 4.35. The maximum Gasteiger partial charge on any atom is 0.417 e. The molecule has 3 nitrogen and oxygen atoms in total. The molecule has 0 saturated carbocycles. The number of carbonyl (C=O) groups is 2. The van der Waals surface area contributed by atoms with Crippen molar-refractivity contribution in [1.82, 2.24) is 5.32 Å². The van der Waals surface area contributed by atoms with E-state index in [0.717, 1.165) is 25.1 Å². The van der Waals surface area contributed by atoms with Crippen molar-refractivity contribution in [1.29, 1.82) is 0 Å². The fourth-order valence-electron chi connectivity index (χ4n) is 3.34. The van der Waals surface area contributed by atoms with E-state index in [0.29, 0.717) is 12.1 Å². The van der Waals surface area contributed by atoms with Crippen molar-refractivity contribution in [3.05, 3.63) is 74.2 Å². The number of halogens is 12. The van der Waals surface area contributed by atoms with Gasteiger partial charge in [-0.3, -0.25) is 9.59 Å².